The highest BCUT2D eigenvalue weighted by Gasteiger charge is 2.21. The van der Waals surface area contributed by atoms with Crippen molar-refractivity contribution in [2.45, 2.75) is 13.3 Å². The third-order valence-electron chi connectivity index (χ3n) is 3.86. The summed E-state index contributed by atoms with van der Waals surface area (Å²) in [4.78, 5) is 37.5. The molecule has 0 radical (unpaired) electrons. The van der Waals surface area contributed by atoms with Crippen molar-refractivity contribution in [2.75, 3.05) is 25.1 Å². The first kappa shape index (κ1) is 19.2. The minimum absolute atomic E-state index is 0.169. The Balaban J connectivity index is 2.03. The van der Waals surface area contributed by atoms with Gasteiger partial charge in [-0.25, -0.2) is 4.79 Å². The highest BCUT2D eigenvalue weighted by molar-refractivity contribution is 6.04. The summed E-state index contributed by atoms with van der Waals surface area (Å²) in [6, 6.07) is 16.3. The molecule has 0 bridgehead atoms. The first-order chi connectivity index (χ1) is 12.5. The van der Waals surface area contributed by atoms with Crippen molar-refractivity contribution in [2.24, 2.45) is 0 Å². The number of carbonyl (C=O) groups is 3. The molecule has 0 unspecified atom stereocenters. The van der Waals surface area contributed by atoms with Gasteiger partial charge in [0.2, 0.25) is 11.8 Å². The lowest BCUT2D eigenvalue weighted by atomic mass is 10.1. The highest BCUT2D eigenvalue weighted by atomic mass is 16.5. The Morgan fingerprint density at radius 2 is 1.65 bits per heavy atom. The molecular formula is C20H22N2O4. The third-order valence-corrected chi connectivity index (χ3v) is 3.86. The molecule has 136 valence electrons. The summed E-state index contributed by atoms with van der Waals surface area (Å²) in [6.07, 6.45) is 0.700. The van der Waals surface area contributed by atoms with Gasteiger partial charge in [-0.1, -0.05) is 42.5 Å². The van der Waals surface area contributed by atoms with E-state index in [0.29, 0.717) is 18.7 Å². The number of carbonyl (C=O) groups excluding carboxylic acids is 3. The Morgan fingerprint density at radius 1 is 1.00 bits per heavy atom. The Morgan fingerprint density at radius 3 is 2.31 bits per heavy atom. The number of rotatable bonds is 7. The summed E-state index contributed by atoms with van der Waals surface area (Å²) < 4.78 is 4.75. The van der Waals surface area contributed by atoms with Crippen molar-refractivity contribution in [1.82, 2.24) is 5.32 Å². The van der Waals surface area contributed by atoms with E-state index in [4.69, 9.17) is 4.74 Å². The number of ether oxygens (including phenoxy) is 1. The minimum atomic E-state index is -0.559. The van der Waals surface area contributed by atoms with E-state index in [9.17, 15) is 14.4 Å². The van der Waals surface area contributed by atoms with Crippen LogP contribution in [0.15, 0.2) is 54.6 Å². The molecule has 0 heterocycles. The minimum Gasteiger partial charge on any atom is -0.465 e. The number of nitrogens with zero attached hydrogens (tertiary/aromatic N) is 1. The maximum absolute atomic E-state index is 12.3. The van der Waals surface area contributed by atoms with Gasteiger partial charge in [0.05, 0.1) is 18.4 Å². The third kappa shape index (κ3) is 5.17. The van der Waals surface area contributed by atoms with Gasteiger partial charge < -0.3 is 15.0 Å². The van der Waals surface area contributed by atoms with Crippen molar-refractivity contribution < 1.29 is 19.1 Å². The second-order valence-electron chi connectivity index (χ2n) is 5.70. The second kappa shape index (κ2) is 9.36. The summed E-state index contributed by atoms with van der Waals surface area (Å²) in [5.74, 6) is -1.19. The van der Waals surface area contributed by atoms with Gasteiger partial charge in [-0.05, 0) is 24.1 Å². The van der Waals surface area contributed by atoms with E-state index in [1.54, 1.807) is 24.3 Å². The van der Waals surface area contributed by atoms with Crippen molar-refractivity contribution in [3.63, 3.8) is 0 Å². The van der Waals surface area contributed by atoms with Crippen LogP contribution in [0, 0.1) is 0 Å². The molecule has 0 spiro atoms. The molecule has 2 amide bonds. The van der Waals surface area contributed by atoms with Gasteiger partial charge in [-0.15, -0.1) is 0 Å². The van der Waals surface area contributed by atoms with Gasteiger partial charge in [-0.3, -0.25) is 9.59 Å². The highest BCUT2D eigenvalue weighted by Crippen LogP contribution is 2.21. The lowest BCUT2D eigenvalue weighted by molar-refractivity contribution is -0.123. The Kier molecular flexibility index (Phi) is 6.91. The summed E-state index contributed by atoms with van der Waals surface area (Å²) in [5.41, 5.74) is 1.71. The maximum atomic E-state index is 12.3. The van der Waals surface area contributed by atoms with Crippen LogP contribution in [0.5, 0.6) is 0 Å². The van der Waals surface area contributed by atoms with Crippen LogP contribution >= 0.6 is 0 Å². The number of benzene rings is 2. The predicted octanol–water partition coefficient (Wildman–Crippen LogP) is 2.19. The zero-order valence-electron chi connectivity index (χ0n) is 14.9. The SMILES string of the molecule is COC(=O)c1ccccc1N(CC(=O)NCCc1ccccc1)C(C)=O. The average molecular weight is 354 g/mol. The smallest absolute Gasteiger partial charge is 0.339 e. The molecule has 0 aliphatic heterocycles. The van der Waals surface area contributed by atoms with E-state index in [1.807, 2.05) is 30.3 Å². The molecule has 1 N–H and O–H groups in total. The second-order valence-corrected chi connectivity index (χ2v) is 5.70. The average Bonchev–Trinajstić information content (AvgIpc) is 2.66. The number of esters is 1. The fraction of sp³-hybridized carbons (Fsp3) is 0.250. The monoisotopic (exact) mass is 354 g/mol. The maximum Gasteiger partial charge on any atom is 0.339 e. The normalized spacial score (nSPS) is 10.1. The van der Waals surface area contributed by atoms with Crippen LogP contribution in [-0.4, -0.2) is 38.0 Å². The number of nitrogens with one attached hydrogen (secondary N) is 1. The molecule has 2 rings (SSSR count). The summed E-state index contributed by atoms with van der Waals surface area (Å²) in [6.45, 7) is 1.65. The summed E-state index contributed by atoms with van der Waals surface area (Å²) >= 11 is 0. The Labute approximate surface area is 152 Å². The van der Waals surface area contributed by atoms with Gasteiger partial charge in [0.1, 0.15) is 6.54 Å². The topological polar surface area (TPSA) is 75.7 Å². The van der Waals surface area contributed by atoms with Gasteiger partial charge >= 0.3 is 5.97 Å². The standard InChI is InChI=1S/C20H22N2O4/c1-15(23)22(18-11-7-6-10-17(18)20(25)26-2)14-19(24)21-13-12-16-8-4-3-5-9-16/h3-11H,12-14H2,1-2H3,(H,21,24). The van der Waals surface area contributed by atoms with Crippen LogP contribution in [0.2, 0.25) is 0 Å². The van der Waals surface area contributed by atoms with E-state index >= 15 is 0 Å². The van der Waals surface area contributed by atoms with Crippen molar-refractivity contribution in [3.05, 3.63) is 65.7 Å². The molecule has 26 heavy (non-hydrogen) atoms. The van der Waals surface area contributed by atoms with Crippen molar-refractivity contribution in [1.29, 1.82) is 0 Å². The van der Waals surface area contributed by atoms with E-state index in [0.717, 1.165) is 5.56 Å². The van der Waals surface area contributed by atoms with Crippen molar-refractivity contribution in [3.8, 4) is 0 Å². The molecule has 2 aromatic rings. The van der Waals surface area contributed by atoms with Crippen molar-refractivity contribution >= 4 is 23.5 Å². The molecule has 0 aromatic heterocycles. The molecule has 0 fully saturated rings. The lowest BCUT2D eigenvalue weighted by Gasteiger charge is -2.22. The van der Waals surface area contributed by atoms with E-state index in [1.165, 1.54) is 18.9 Å². The summed E-state index contributed by atoms with van der Waals surface area (Å²) in [7, 11) is 1.27. The van der Waals surface area contributed by atoms with Crippen LogP contribution < -0.4 is 10.2 Å². The molecule has 6 nitrogen and oxygen atoms in total. The van der Waals surface area contributed by atoms with Crippen LogP contribution in [0.3, 0.4) is 0 Å². The molecule has 0 saturated carbocycles. The first-order valence-electron chi connectivity index (χ1n) is 8.29. The molecule has 0 atom stereocenters. The lowest BCUT2D eigenvalue weighted by Crippen LogP contribution is -2.41. The molecule has 2 aromatic carbocycles. The Hall–Kier alpha value is -3.15. The zero-order valence-corrected chi connectivity index (χ0v) is 14.9. The van der Waals surface area contributed by atoms with Crippen LogP contribution in [0.25, 0.3) is 0 Å². The van der Waals surface area contributed by atoms with E-state index in [-0.39, 0.29) is 23.9 Å². The number of anilines is 1. The Bertz CT molecular complexity index is 774. The van der Waals surface area contributed by atoms with Crippen LogP contribution in [-0.2, 0) is 20.7 Å². The first-order valence-corrected chi connectivity index (χ1v) is 8.29. The summed E-state index contributed by atoms with van der Waals surface area (Å²) in [5, 5.41) is 2.80. The molecular weight excluding hydrogens is 332 g/mol. The van der Waals surface area contributed by atoms with E-state index in [2.05, 4.69) is 5.32 Å². The largest absolute Gasteiger partial charge is 0.465 e. The number of hydrogen-bond donors (Lipinski definition) is 1. The van der Waals surface area contributed by atoms with Gasteiger partial charge in [0.15, 0.2) is 0 Å². The zero-order chi connectivity index (χ0) is 18.9. The molecule has 6 heteroatoms. The molecule has 0 aliphatic carbocycles. The number of hydrogen-bond acceptors (Lipinski definition) is 4. The predicted molar refractivity (Wildman–Crippen MR) is 99.0 cm³/mol. The quantitative estimate of drug-likeness (QED) is 0.774. The van der Waals surface area contributed by atoms with Gasteiger partial charge in [0.25, 0.3) is 0 Å². The number of methoxy groups -OCH3 is 1. The van der Waals surface area contributed by atoms with Gasteiger partial charge in [-0.2, -0.15) is 0 Å². The fourth-order valence-electron chi connectivity index (χ4n) is 2.55. The molecule has 0 saturated heterocycles. The molecule has 0 aliphatic rings. The van der Waals surface area contributed by atoms with Crippen LogP contribution in [0.1, 0.15) is 22.8 Å². The number of para-hydroxylation sites is 1. The van der Waals surface area contributed by atoms with Crippen LogP contribution in [0.4, 0.5) is 5.69 Å². The van der Waals surface area contributed by atoms with E-state index < -0.39 is 5.97 Å². The fourth-order valence-corrected chi connectivity index (χ4v) is 2.55. The van der Waals surface area contributed by atoms with Gasteiger partial charge in [0, 0.05) is 13.5 Å². The number of amides is 2.